The van der Waals surface area contributed by atoms with Crippen molar-refractivity contribution in [1.82, 2.24) is 4.90 Å². The number of amides is 1. The largest absolute Gasteiger partial charge is 0.508 e. The molecule has 1 amide bonds. The summed E-state index contributed by atoms with van der Waals surface area (Å²) in [4.78, 5) is 13.9. The zero-order valence-corrected chi connectivity index (χ0v) is 10.9. The Morgan fingerprint density at radius 1 is 1.42 bits per heavy atom. The van der Waals surface area contributed by atoms with E-state index in [-0.39, 0.29) is 35.0 Å². The fourth-order valence-electron chi connectivity index (χ4n) is 2.48. The molecule has 2 unspecified atom stereocenters. The summed E-state index contributed by atoms with van der Waals surface area (Å²) in [5.74, 6) is -0.474. The van der Waals surface area contributed by atoms with E-state index in [1.807, 2.05) is 6.92 Å². The molecule has 0 aliphatic carbocycles. The van der Waals surface area contributed by atoms with Gasteiger partial charge in [-0.1, -0.05) is 6.92 Å². The Labute approximate surface area is 112 Å². The summed E-state index contributed by atoms with van der Waals surface area (Å²) >= 11 is 0. The van der Waals surface area contributed by atoms with Crippen molar-refractivity contribution in [2.45, 2.75) is 25.9 Å². The average molecular weight is 265 g/mol. The molecule has 1 aromatic carbocycles. The minimum absolute atomic E-state index is 0.0745. The van der Waals surface area contributed by atoms with Gasteiger partial charge in [-0.25, -0.2) is 0 Å². The van der Waals surface area contributed by atoms with Crippen LogP contribution in [0.3, 0.4) is 0 Å². The third kappa shape index (κ3) is 2.81. The molecule has 1 aromatic rings. The SMILES string of the molecule is CCC1CN(C(=O)c2ccc(O)cc2O)CCC1O. The van der Waals surface area contributed by atoms with E-state index in [1.165, 1.54) is 12.1 Å². The normalized spacial score (nSPS) is 23.4. The molecule has 19 heavy (non-hydrogen) atoms. The summed E-state index contributed by atoms with van der Waals surface area (Å²) in [5.41, 5.74) is 0.184. The Morgan fingerprint density at radius 3 is 2.79 bits per heavy atom. The highest BCUT2D eigenvalue weighted by atomic mass is 16.3. The van der Waals surface area contributed by atoms with Crippen molar-refractivity contribution in [2.24, 2.45) is 5.92 Å². The Morgan fingerprint density at radius 2 is 2.16 bits per heavy atom. The molecule has 1 saturated heterocycles. The minimum atomic E-state index is -0.359. The molecule has 1 heterocycles. The topological polar surface area (TPSA) is 81.0 Å². The molecule has 0 spiro atoms. The zero-order chi connectivity index (χ0) is 14.0. The van der Waals surface area contributed by atoms with Crippen LogP contribution in [0.4, 0.5) is 0 Å². The first-order chi connectivity index (χ1) is 9.02. The molecule has 0 aromatic heterocycles. The van der Waals surface area contributed by atoms with E-state index in [0.717, 1.165) is 12.5 Å². The number of carbonyl (C=O) groups is 1. The second-order valence-electron chi connectivity index (χ2n) is 4.98. The maximum absolute atomic E-state index is 12.3. The first kappa shape index (κ1) is 13.7. The number of aromatic hydroxyl groups is 2. The molecule has 3 N–H and O–H groups in total. The van der Waals surface area contributed by atoms with Gasteiger partial charge in [0.15, 0.2) is 0 Å². The van der Waals surface area contributed by atoms with Gasteiger partial charge in [0, 0.05) is 25.1 Å². The fraction of sp³-hybridized carbons (Fsp3) is 0.500. The number of carbonyl (C=O) groups excluding carboxylic acids is 1. The quantitative estimate of drug-likeness (QED) is 0.753. The van der Waals surface area contributed by atoms with Crippen LogP contribution in [0.25, 0.3) is 0 Å². The van der Waals surface area contributed by atoms with Crippen molar-refractivity contribution in [1.29, 1.82) is 0 Å². The maximum Gasteiger partial charge on any atom is 0.257 e. The van der Waals surface area contributed by atoms with E-state index in [0.29, 0.717) is 19.5 Å². The van der Waals surface area contributed by atoms with E-state index in [4.69, 9.17) is 0 Å². The number of aliphatic hydroxyl groups excluding tert-OH is 1. The summed E-state index contributed by atoms with van der Waals surface area (Å²) < 4.78 is 0. The standard InChI is InChI=1S/C14H19NO4/c1-2-9-8-15(6-5-12(9)17)14(19)11-4-3-10(16)7-13(11)18/h3-4,7,9,12,16-18H,2,5-6,8H2,1H3. The second kappa shape index (κ2) is 5.48. The molecule has 0 radical (unpaired) electrons. The van der Waals surface area contributed by atoms with Gasteiger partial charge in [0.25, 0.3) is 5.91 Å². The molecule has 0 bridgehead atoms. The molecular formula is C14H19NO4. The number of piperidine rings is 1. The number of hydrogen-bond donors (Lipinski definition) is 3. The molecule has 5 heteroatoms. The molecule has 1 aliphatic rings. The van der Waals surface area contributed by atoms with Crippen molar-refractivity contribution in [3.05, 3.63) is 23.8 Å². The third-order valence-electron chi connectivity index (χ3n) is 3.72. The molecule has 2 rings (SSSR count). The lowest BCUT2D eigenvalue weighted by Crippen LogP contribution is -2.45. The van der Waals surface area contributed by atoms with E-state index < -0.39 is 0 Å². The Kier molecular flexibility index (Phi) is 3.95. The van der Waals surface area contributed by atoms with Crippen molar-refractivity contribution in [3.63, 3.8) is 0 Å². The van der Waals surface area contributed by atoms with Crippen molar-refractivity contribution in [3.8, 4) is 11.5 Å². The number of hydrogen-bond acceptors (Lipinski definition) is 4. The lowest BCUT2D eigenvalue weighted by Gasteiger charge is -2.35. The second-order valence-corrected chi connectivity index (χ2v) is 4.98. The number of phenols is 2. The molecule has 5 nitrogen and oxygen atoms in total. The monoisotopic (exact) mass is 265 g/mol. The molecule has 104 valence electrons. The minimum Gasteiger partial charge on any atom is -0.508 e. The van der Waals surface area contributed by atoms with E-state index >= 15 is 0 Å². The van der Waals surface area contributed by atoms with Crippen molar-refractivity contribution < 1.29 is 20.1 Å². The predicted molar refractivity (Wildman–Crippen MR) is 70.1 cm³/mol. The van der Waals surface area contributed by atoms with Crippen molar-refractivity contribution >= 4 is 5.91 Å². The Hall–Kier alpha value is -1.75. The van der Waals surface area contributed by atoms with Crippen LogP contribution in [0, 0.1) is 5.92 Å². The van der Waals surface area contributed by atoms with Gasteiger partial charge in [-0.15, -0.1) is 0 Å². The molecule has 1 fully saturated rings. The van der Waals surface area contributed by atoms with Gasteiger partial charge < -0.3 is 20.2 Å². The van der Waals surface area contributed by atoms with Gasteiger partial charge in [-0.3, -0.25) is 4.79 Å². The molecular weight excluding hydrogens is 246 g/mol. The van der Waals surface area contributed by atoms with Gasteiger partial charge in [-0.2, -0.15) is 0 Å². The lowest BCUT2D eigenvalue weighted by molar-refractivity contribution is 0.0227. The van der Waals surface area contributed by atoms with Gasteiger partial charge >= 0.3 is 0 Å². The van der Waals surface area contributed by atoms with Gasteiger partial charge in [-0.05, 0) is 25.0 Å². The molecule has 1 aliphatic heterocycles. The van der Waals surface area contributed by atoms with Crippen LogP contribution in [0.5, 0.6) is 11.5 Å². The van der Waals surface area contributed by atoms with Crippen LogP contribution in [-0.2, 0) is 0 Å². The summed E-state index contributed by atoms with van der Waals surface area (Å²) in [6.07, 6.45) is 1.01. The van der Waals surface area contributed by atoms with Crippen LogP contribution >= 0.6 is 0 Å². The van der Waals surface area contributed by atoms with Gasteiger partial charge in [0.05, 0.1) is 11.7 Å². The smallest absolute Gasteiger partial charge is 0.257 e. The Balaban J connectivity index is 2.15. The average Bonchev–Trinajstić information content (AvgIpc) is 2.38. The Bertz CT molecular complexity index is 475. The fourth-order valence-corrected chi connectivity index (χ4v) is 2.48. The summed E-state index contributed by atoms with van der Waals surface area (Å²) in [7, 11) is 0. The number of aliphatic hydroxyl groups is 1. The van der Waals surface area contributed by atoms with E-state index in [2.05, 4.69) is 0 Å². The highest BCUT2D eigenvalue weighted by Crippen LogP contribution is 2.27. The molecule has 0 saturated carbocycles. The van der Waals surface area contributed by atoms with Gasteiger partial charge in [0.2, 0.25) is 0 Å². The van der Waals surface area contributed by atoms with Gasteiger partial charge in [0.1, 0.15) is 11.5 Å². The number of nitrogens with zero attached hydrogens (tertiary/aromatic N) is 1. The third-order valence-corrected chi connectivity index (χ3v) is 3.72. The summed E-state index contributed by atoms with van der Waals surface area (Å²) in [6, 6.07) is 3.95. The first-order valence-electron chi connectivity index (χ1n) is 6.52. The van der Waals surface area contributed by atoms with E-state index in [9.17, 15) is 20.1 Å². The number of phenolic OH excluding ortho intramolecular Hbond substituents is 2. The number of benzene rings is 1. The highest BCUT2D eigenvalue weighted by molar-refractivity contribution is 5.97. The number of rotatable bonds is 2. The maximum atomic E-state index is 12.3. The van der Waals surface area contributed by atoms with Crippen LogP contribution < -0.4 is 0 Å². The lowest BCUT2D eigenvalue weighted by atomic mass is 9.92. The molecule has 2 atom stereocenters. The summed E-state index contributed by atoms with van der Waals surface area (Å²) in [5, 5.41) is 28.7. The van der Waals surface area contributed by atoms with Crippen LogP contribution in [0.2, 0.25) is 0 Å². The first-order valence-corrected chi connectivity index (χ1v) is 6.52. The highest BCUT2D eigenvalue weighted by Gasteiger charge is 2.30. The zero-order valence-electron chi connectivity index (χ0n) is 10.9. The van der Waals surface area contributed by atoms with E-state index in [1.54, 1.807) is 4.90 Å². The van der Waals surface area contributed by atoms with Crippen molar-refractivity contribution in [2.75, 3.05) is 13.1 Å². The van der Waals surface area contributed by atoms with Crippen LogP contribution in [0.1, 0.15) is 30.1 Å². The number of likely N-dealkylation sites (tertiary alicyclic amines) is 1. The van der Waals surface area contributed by atoms with Crippen LogP contribution in [0.15, 0.2) is 18.2 Å². The summed E-state index contributed by atoms with van der Waals surface area (Å²) in [6.45, 7) is 2.97. The van der Waals surface area contributed by atoms with Crippen LogP contribution in [-0.4, -0.2) is 45.3 Å². The predicted octanol–water partition coefficient (Wildman–Crippen LogP) is 1.33.